The summed E-state index contributed by atoms with van der Waals surface area (Å²) in [6.45, 7) is 0. The predicted molar refractivity (Wildman–Crippen MR) is 90.7 cm³/mol. The maximum atomic E-state index is 14.0. The summed E-state index contributed by atoms with van der Waals surface area (Å²) in [5.41, 5.74) is 1.70. The van der Waals surface area contributed by atoms with E-state index in [1.54, 1.807) is 12.1 Å². The van der Waals surface area contributed by atoms with E-state index in [2.05, 4.69) is 40.2 Å². The number of benzene rings is 3. The molecule has 0 aromatic heterocycles. The topological polar surface area (TPSA) is 0 Å². The Hall–Kier alpha value is -1.38. The Morgan fingerprint density at radius 3 is 2.48 bits per heavy atom. The third-order valence-corrected chi connectivity index (χ3v) is 4.70. The van der Waals surface area contributed by atoms with Gasteiger partial charge in [0.05, 0.1) is 0 Å². The molecule has 0 saturated heterocycles. The summed E-state index contributed by atoms with van der Waals surface area (Å²) in [6.07, 6.45) is 0.683. The fourth-order valence-corrected chi connectivity index (χ4v) is 3.82. The molecule has 0 amide bonds. The Kier molecular flexibility index (Phi) is 4.27. The molecule has 106 valence electrons. The maximum Gasteiger partial charge on any atom is 0.129 e. The minimum atomic E-state index is -0.274. The van der Waals surface area contributed by atoms with E-state index in [9.17, 15) is 4.39 Å². The van der Waals surface area contributed by atoms with E-state index in [-0.39, 0.29) is 10.6 Å². The van der Waals surface area contributed by atoms with Gasteiger partial charge in [0.2, 0.25) is 0 Å². The van der Waals surface area contributed by atoms with Crippen molar-refractivity contribution >= 4 is 38.3 Å². The van der Waals surface area contributed by atoms with E-state index in [1.165, 1.54) is 22.4 Å². The molecule has 3 heteroatoms. The quantitative estimate of drug-likeness (QED) is 0.478. The highest BCUT2D eigenvalue weighted by Crippen LogP contribution is 2.35. The van der Waals surface area contributed by atoms with Crippen LogP contribution in [0.4, 0.5) is 4.39 Å². The minimum absolute atomic E-state index is 0.156. The Morgan fingerprint density at radius 1 is 0.952 bits per heavy atom. The monoisotopic (exact) mass is 362 g/mol. The van der Waals surface area contributed by atoms with Gasteiger partial charge in [-0.2, -0.15) is 0 Å². The van der Waals surface area contributed by atoms with Gasteiger partial charge >= 0.3 is 0 Å². The number of alkyl halides is 1. The van der Waals surface area contributed by atoms with Crippen LogP contribution in [-0.2, 0) is 6.42 Å². The van der Waals surface area contributed by atoms with Crippen LogP contribution in [0.2, 0.25) is 5.02 Å². The van der Waals surface area contributed by atoms with Gasteiger partial charge in [-0.15, -0.1) is 0 Å². The molecule has 0 spiro atoms. The van der Waals surface area contributed by atoms with Crippen LogP contribution in [0.1, 0.15) is 16.0 Å². The first-order valence-electron chi connectivity index (χ1n) is 6.71. The summed E-state index contributed by atoms with van der Waals surface area (Å²) in [7, 11) is 0. The SMILES string of the molecule is Fc1cccc(Cl)c1C(Br)Cc1cccc2ccccc12. The van der Waals surface area contributed by atoms with Crippen LogP contribution < -0.4 is 0 Å². The number of hydrogen-bond donors (Lipinski definition) is 0. The molecule has 0 N–H and O–H groups in total. The fourth-order valence-electron chi connectivity index (χ4n) is 2.58. The van der Waals surface area contributed by atoms with Crippen molar-refractivity contribution in [3.8, 4) is 0 Å². The number of rotatable bonds is 3. The van der Waals surface area contributed by atoms with Crippen molar-refractivity contribution in [3.05, 3.63) is 82.6 Å². The lowest BCUT2D eigenvalue weighted by Gasteiger charge is -2.14. The van der Waals surface area contributed by atoms with Crippen molar-refractivity contribution < 1.29 is 4.39 Å². The van der Waals surface area contributed by atoms with Crippen LogP contribution in [0.5, 0.6) is 0 Å². The van der Waals surface area contributed by atoms with Crippen LogP contribution in [0.3, 0.4) is 0 Å². The first kappa shape index (κ1) is 14.6. The summed E-state index contributed by atoms with van der Waals surface area (Å²) >= 11 is 9.72. The average molecular weight is 364 g/mol. The lowest BCUT2D eigenvalue weighted by atomic mass is 9.98. The summed E-state index contributed by atoms with van der Waals surface area (Å²) in [5, 5.41) is 2.84. The van der Waals surface area contributed by atoms with E-state index in [1.807, 2.05) is 18.2 Å². The first-order valence-corrected chi connectivity index (χ1v) is 8.01. The lowest BCUT2D eigenvalue weighted by Crippen LogP contribution is -2.00. The van der Waals surface area contributed by atoms with Crippen LogP contribution in [0.25, 0.3) is 10.8 Å². The summed E-state index contributed by atoms with van der Waals surface area (Å²) in [6, 6.07) is 19.2. The summed E-state index contributed by atoms with van der Waals surface area (Å²) < 4.78 is 14.0. The number of hydrogen-bond acceptors (Lipinski definition) is 0. The molecule has 3 aromatic carbocycles. The van der Waals surface area contributed by atoms with Crippen LogP contribution in [-0.4, -0.2) is 0 Å². The zero-order valence-corrected chi connectivity index (χ0v) is 13.5. The molecule has 21 heavy (non-hydrogen) atoms. The van der Waals surface area contributed by atoms with Crippen molar-refractivity contribution in [1.29, 1.82) is 0 Å². The highest BCUT2D eigenvalue weighted by atomic mass is 79.9. The van der Waals surface area contributed by atoms with E-state index in [0.29, 0.717) is 17.0 Å². The molecule has 0 heterocycles. The zero-order valence-electron chi connectivity index (χ0n) is 11.2. The normalized spacial score (nSPS) is 12.5. The maximum absolute atomic E-state index is 14.0. The standard InChI is InChI=1S/C18H13BrClF/c19-15(18-16(20)9-4-10-17(18)21)11-13-7-3-6-12-5-1-2-8-14(12)13/h1-10,15H,11H2. The Morgan fingerprint density at radius 2 is 1.67 bits per heavy atom. The van der Waals surface area contributed by atoms with Crippen molar-refractivity contribution in [2.45, 2.75) is 11.2 Å². The van der Waals surface area contributed by atoms with Gasteiger partial charge < -0.3 is 0 Å². The molecule has 0 aliphatic carbocycles. The highest BCUT2D eigenvalue weighted by molar-refractivity contribution is 9.09. The van der Waals surface area contributed by atoms with Crippen LogP contribution in [0, 0.1) is 5.82 Å². The molecule has 0 nitrogen and oxygen atoms in total. The van der Waals surface area contributed by atoms with Crippen molar-refractivity contribution in [1.82, 2.24) is 0 Å². The second-order valence-electron chi connectivity index (χ2n) is 4.95. The molecule has 0 fully saturated rings. The van der Waals surface area contributed by atoms with Crippen molar-refractivity contribution in [2.75, 3.05) is 0 Å². The molecule has 0 radical (unpaired) electrons. The summed E-state index contributed by atoms with van der Waals surface area (Å²) in [4.78, 5) is -0.156. The van der Waals surface area contributed by atoms with Crippen LogP contribution in [0.15, 0.2) is 60.7 Å². The van der Waals surface area contributed by atoms with E-state index in [0.717, 1.165) is 0 Å². The second-order valence-corrected chi connectivity index (χ2v) is 6.46. The fraction of sp³-hybridized carbons (Fsp3) is 0.111. The molecule has 0 aliphatic heterocycles. The molecule has 1 atom stereocenters. The van der Waals surface area contributed by atoms with Gasteiger partial charge in [-0.05, 0) is 34.9 Å². The number of fused-ring (bicyclic) bond motifs is 1. The van der Waals surface area contributed by atoms with Gasteiger partial charge in [-0.25, -0.2) is 4.39 Å². The van der Waals surface area contributed by atoms with Gasteiger partial charge in [-0.1, -0.05) is 76.1 Å². The van der Waals surface area contributed by atoms with Crippen LogP contribution >= 0.6 is 27.5 Å². The average Bonchev–Trinajstić information content (AvgIpc) is 2.47. The summed E-state index contributed by atoms with van der Waals surface area (Å²) in [5.74, 6) is -0.274. The molecule has 0 bridgehead atoms. The van der Waals surface area contributed by atoms with E-state index in [4.69, 9.17) is 11.6 Å². The van der Waals surface area contributed by atoms with E-state index >= 15 is 0 Å². The highest BCUT2D eigenvalue weighted by Gasteiger charge is 2.17. The van der Waals surface area contributed by atoms with Gasteiger partial charge in [0.25, 0.3) is 0 Å². The lowest BCUT2D eigenvalue weighted by molar-refractivity contribution is 0.608. The Labute approximate surface area is 136 Å². The molecule has 0 aliphatic rings. The first-order chi connectivity index (χ1) is 10.2. The smallest absolute Gasteiger partial charge is 0.129 e. The van der Waals surface area contributed by atoms with Crippen molar-refractivity contribution in [3.63, 3.8) is 0 Å². The predicted octanol–water partition coefficient (Wildman–Crippen LogP) is 6.31. The Balaban J connectivity index is 1.99. The molecular formula is C18H13BrClF. The number of halogens is 3. The largest absolute Gasteiger partial charge is 0.207 e. The third kappa shape index (κ3) is 2.97. The van der Waals surface area contributed by atoms with Gasteiger partial charge in [-0.3, -0.25) is 0 Å². The second kappa shape index (κ2) is 6.17. The molecule has 1 unspecified atom stereocenters. The van der Waals surface area contributed by atoms with Crippen molar-refractivity contribution in [2.24, 2.45) is 0 Å². The van der Waals surface area contributed by atoms with Gasteiger partial charge in [0.1, 0.15) is 5.82 Å². The van der Waals surface area contributed by atoms with Gasteiger partial charge in [0, 0.05) is 15.4 Å². The minimum Gasteiger partial charge on any atom is -0.207 e. The molecular weight excluding hydrogens is 351 g/mol. The van der Waals surface area contributed by atoms with E-state index < -0.39 is 0 Å². The molecule has 3 rings (SSSR count). The molecule has 3 aromatic rings. The van der Waals surface area contributed by atoms with Gasteiger partial charge in [0.15, 0.2) is 0 Å². The third-order valence-electron chi connectivity index (χ3n) is 3.59. The zero-order chi connectivity index (χ0) is 14.8. The Bertz CT molecular complexity index is 760. The molecule has 0 saturated carbocycles.